The molecule has 4 nitrogen and oxygen atoms in total. The Morgan fingerprint density at radius 1 is 1.50 bits per heavy atom. The fourth-order valence-electron chi connectivity index (χ4n) is 2.43. The fraction of sp³-hybridized carbons (Fsp3) is 0.769. The summed E-state index contributed by atoms with van der Waals surface area (Å²) in [7, 11) is 1.77. The number of aromatic nitrogens is 1. The first-order valence-electron chi connectivity index (χ1n) is 6.68. The minimum absolute atomic E-state index is 0.809. The molecule has 0 spiro atoms. The highest BCUT2D eigenvalue weighted by Gasteiger charge is 2.17. The van der Waals surface area contributed by atoms with Crippen LogP contribution in [0.2, 0.25) is 0 Å². The first kappa shape index (κ1) is 13.9. The third-order valence-corrected chi connectivity index (χ3v) is 4.21. The minimum atomic E-state index is 0.809. The lowest BCUT2D eigenvalue weighted by molar-refractivity contribution is 0.127. The van der Waals surface area contributed by atoms with Crippen LogP contribution in [0.5, 0.6) is 0 Å². The Morgan fingerprint density at radius 2 is 2.33 bits per heavy atom. The largest absolute Gasteiger partial charge is 0.383 e. The summed E-state index contributed by atoms with van der Waals surface area (Å²) >= 11 is 1.74. The van der Waals surface area contributed by atoms with E-state index in [2.05, 4.69) is 15.2 Å². The molecule has 18 heavy (non-hydrogen) atoms. The van der Waals surface area contributed by atoms with E-state index in [9.17, 15) is 0 Å². The number of nitrogens with zero attached hydrogens (tertiary/aromatic N) is 2. The molecular formula is C13H23N3OS. The van der Waals surface area contributed by atoms with Crippen molar-refractivity contribution in [2.24, 2.45) is 5.92 Å². The molecule has 0 aromatic carbocycles. The van der Waals surface area contributed by atoms with Gasteiger partial charge in [0.1, 0.15) is 0 Å². The Labute approximate surface area is 113 Å². The average Bonchev–Trinajstić information content (AvgIpc) is 2.90. The van der Waals surface area contributed by atoms with Gasteiger partial charge in [-0.05, 0) is 31.8 Å². The maximum atomic E-state index is 5.21. The molecule has 0 saturated carbocycles. The molecule has 1 saturated heterocycles. The van der Waals surface area contributed by atoms with Crippen LogP contribution in [0, 0.1) is 5.92 Å². The van der Waals surface area contributed by atoms with E-state index >= 15 is 0 Å². The van der Waals surface area contributed by atoms with Crippen molar-refractivity contribution in [3.63, 3.8) is 0 Å². The summed E-state index contributed by atoms with van der Waals surface area (Å²) < 4.78 is 5.21. The van der Waals surface area contributed by atoms with Crippen LogP contribution in [0.15, 0.2) is 11.7 Å². The normalized spacial score (nSPS) is 17.4. The van der Waals surface area contributed by atoms with Crippen molar-refractivity contribution >= 4 is 11.3 Å². The number of methoxy groups -OCH3 is 1. The summed E-state index contributed by atoms with van der Waals surface area (Å²) in [6, 6.07) is 0. The van der Waals surface area contributed by atoms with E-state index in [1.165, 1.54) is 37.4 Å². The lowest BCUT2D eigenvalue weighted by Gasteiger charge is -2.29. The summed E-state index contributed by atoms with van der Waals surface area (Å²) in [6.45, 7) is 6.36. The Kier molecular flexibility index (Phi) is 6.07. The van der Waals surface area contributed by atoms with E-state index in [0.29, 0.717) is 0 Å². The van der Waals surface area contributed by atoms with Gasteiger partial charge in [-0.1, -0.05) is 0 Å². The molecule has 1 N–H and O–H groups in total. The van der Waals surface area contributed by atoms with E-state index in [4.69, 9.17) is 4.74 Å². The summed E-state index contributed by atoms with van der Waals surface area (Å²) in [5.41, 5.74) is 1.91. The van der Waals surface area contributed by atoms with Gasteiger partial charge >= 0.3 is 0 Å². The number of ether oxygens (including phenoxy) is 1. The van der Waals surface area contributed by atoms with Crippen molar-refractivity contribution in [2.75, 3.05) is 39.9 Å². The molecule has 2 rings (SSSR count). The molecule has 2 heterocycles. The Morgan fingerprint density at radius 3 is 3.00 bits per heavy atom. The Hall–Kier alpha value is -0.490. The highest BCUT2D eigenvalue weighted by molar-refractivity contribution is 7.09. The van der Waals surface area contributed by atoms with E-state index in [0.717, 1.165) is 25.6 Å². The quantitative estimate of drug-likeness (QED) is 0.816. The first-order valence-corrected chi connectivity index (χ1v) is 7.56. The van der Waals surface area contributed by atoms with Crippen molar-refractivity contribution in [1.29, 1.82) is 0 Å². The summed E-state index contributed by atoms with van der Waals surface area (Å²) in [4.78, 5) is 8.01. The van der Waals surface area contributed by atoms with Crippen LogP contribution in [0.1, 0.15) is 17.7 Å². The lowest BCUT2D eigenvalue weighted by atomic mass is 9.97. The van der Waals surface area contributed by atoms with Crippen molar-refractivity contribution < 1.29 is 4.74 Å². The zero-order chi connectivity index (χ0) is 12.6. The van der Waals surface area contributed by atoms with Gasteiger partial charge in [-0.15, -0.1) is 11.3 Å². The summed E-state index contributed by atoms with van der Waals surface area (Å²) in [6.07, 6.45) is 4.57. The van der Waals surface area contributed by atoms with Crippen molar-refractivity contribution in [3.05, 3.63) is 16.6 Å². The molecule has 0 bridgehead atoms. The zero-order valence-corrected chi connectivity index (χ0v) is 11.9. The Bertz CT molecular complexity index is 312. The topological polar surface area (TPSA) is 37.4 Å². The van der Waals surface area contributed by atoms with Crippen LogP contribution in [-0.2, 0) is 11.3 Å². The number of thiazole rings is 1. The van der Waals surface area contributed by atoms with Crippen LogP contribution in [0.3, 0.4) is 0 Å². The molecule has 1 fully saturated rings. The zero-order valence-electron chi connectivity index (χ0n) is 11.1. The first-order chi connectivity index (χ1) is 8.88. The molecule has 1 aliphatic heterocycles. The second kappa shape index (κ2) is 7.84. The van der Waals surface area contributed by atoms with Crippen LogP contribution in [-0.4, -0.2) is 49.8 Å². The molecule has 1 aromatic heterocycles. The van der Waals surface area contributed by atoms with Crippen LogP contribution >= 0.6 is 11.3 Å². The van der Waals surface area contributed by atoms with E-state index < -0.39 is 0 Å². The van der Waals surface area contributed by atoms with Gasteiger partial charge in [-0.2, -0.15) is 0 Å². The minimum Gasteiger partial charge on any atom is -0.383 e. The second-order valence-electron chi connectivity index (χ2n) is 4.89. The van der Waals surface area contributed by atoms with Gasteiger partial charge in [-0.3, -0.25) is 9.88 Å². The molecule has 0 amide bonds. The van der Waals surface area contributed by atoms with Gasteiger partial charge in [0.05, 0.1) is 12.1 Å². The smallest absolute Gasteiger partial charge is 0.0794 e. The van der Waals surface area contributed by atoms with Crippen molar-refractivity contribution in [3.8, 4) is 0 Å². The van der Waals surface area contributed by atoms with Gasteiger partial charge in [0.2, 0.25) is 0 Å². The van der Waals surface area contributed by atoms with Crippen LogP contribution in [0.25, 0.3) is 0 Å². The molecule has 102 valence electrons. The second-order valence-corrected chi connectivity index (χ2v) is 5.86. The summed E-state index contributed by atoms with van der Waals surface area (Å²) in [5.74, 6) is 0.830. The highest BCUT2D eigenvalue weighted by Crippen LogP contribution is 2.16. The number of hydrogen-bond acceptors (Lipinski definition) is 5. The fourth-order valence-corrected chi connectivity index (χ4v) is 3.06. The van der Waals surface area contributed by atoms with E-state index in [-0.39, 0.29) is 0 Å². The third-order valence-electron chi connectivity index (χ3n) is 3.45. The van der Waals surface area contributed by atoms with Crippen LogP contribution in [0.4, 0.5) is 0 Å². The average molecular weight is 269 g/mol. The van der Waals surface area contributed by atoms with Crippen molar-refractivity contribution in [1.82, 2.24) is 15.2 Å². The van der Waals surface area contributed by atoms with E-state index in [1.807, 2.05) is 11.7 Å². The van der Waals surface area contributed by atoms with Gasteiger partial charge in [-0.25, -0.2) is 0 Å². The highest BCUT2D eigenvalue weighted by atomic mass is 32.1. The van der Waals surface area contributed by atoms with Crippen LogP contribution < -0.4 is 5.32 Å². The predicted octanol–water partition coefficient (Wildman–Crippen LogP) is 1.59. The standard InChI is InChI=1S/C13H23N3OS/c1-17-7-6-16(10-13-8-15-11-18-13)9-12-2-4-14-5-3-12/h8,11-12,14H,2-7,9-10H2,1H3. The molecule has 1 aromatic rings. The van der Waals surface area contributed by atoms with Gasteiger partial charge in [0.15, 0.2) is 0 Å². The molecular weight excluding hydrogens is 246 g/mol. The van der Waals surface area contributed by atoms with Gasteiger partial charge < -0.3 is 10.1 Å². The molecule has 5 heteroatoms. The monoisotopic (exact) mass is 269 g/mol. The SMILES string of the molecule is COCCN(Cc1cncs1)CC1CCNCC1. The molecule has 0 aliphatic carbocycles. The lowest BCUT2D eigenvalue weighted by Crippen LogP contribution is -2.37. The summed E-state index contributed by atoms with van der Waals surface area (Å²) in [5, 5.41) is 3.43. The molecule has 1 aliphatic rings. The van der Waals surface area contributed by atoms with Crippen molar-refractivity contribution in [2.45, 2.75) is 19.4 Å². The number of piperidine rings is 1. The van der Waals surface area contributed by atoms with E-state index in [1.54, 1.807) is 18.4 Å². The predicted molar refractivity (Wildman–Crippen MR) is 74.9 cm³/mol. The third kappa shape index (κ3) is 4.65. The van der Waals surface area contributed by atoms with Gasteiger partial charge in [0, 0.05) is 37.8 Å². The number of nitrogens with one attached hydrogen (secondary N) is 1. The number of rotatable bonds is 7. The maximum absolute atomic E-state index is 5.21. The maximum Gasteiger partial charge on any atom is 0.0794 e. The molecule has 0 radical (unpaired) electrons. The number of hydrogen-bond donors (Lipinski definition) is 1. The Balaban J connectivity index is 1.83. The molecule has 0 atom stereocenters. The molecule has 0 unspecified atom stereocenters. The van der Waals surface area contributed by atoms with Gasteiger partial charge in [0.25, 0.3) is 0 Å².